The number of esters is 1. The van der Waals surface area contributed by atoms with Gasteiger partial charge in [0.1, 0.15) is 17.3 Å². The predicted molar refractivity (Wildman–Crippen MR) is 159 cm³/mol. The SMILES string of the molecule is CCOC(=O)c1ccc(-c2ccc(/C=c3/sc4n(c3=O)[C@H](c3ccc(F)cc3)C3=C(N=4)c4ccccc4CC3)o2)cc1. The van der Waals surface area contributed by atoms with Crippen LogP contribution in [-0.4, -0.2) is 17.1 Å². The summed E-state index contributed by atoms with van der Waals surface area (Å²) in [7, 11) is 0. The molecule has 0 saturated heterocycles. The molecule has 1 aliphatic carbocycles. The molecule has 7 rings (SSSR count). The van der Waals surface area contributed by atoms with Gasteiger partial charge >= 0.3 is 5.97 Å². The van der Waals surface area contributed by atoms with E-state index in [0.717, 1.165) is 40.8 Å². The van der Waals surface area contributed by atoms with E-state index in [9.17, 15) is 14.0 Å². The molecule has 1 atom stereocenters. The Labute approximate surface area is 244 Å². The molecule has 3 aromatic carbocycles. The number of carbonyl (C=O) groups is 1. The Balaban J connectivity index is 1.31. The lowest BCUT2D eigenvalue weighted by Gasteiger charge is -2.30. The van der Waals surface area contributed by atoms with Crippen molar-refractivity contribution in [3.05, 3.63) is 144 Å². The minimum absolute atomic E-state index is 0.171. The minimum atomic E-state index is -0.377. The van der Waals surface area contributed by atoms with E-state index in [4.69, 9.17) is 14.1 Å². The first-order chi connectivity index (χ1) is 20.5. The van der Waals surface area contributed by atoms with E-state index in [-0.39, 0.29) is 23.4 Å². The Kier molecular flexibility index (Phi) is 6.55. The molecule has 3 heterocycles. The highest BCUT2D eigenvalue weighted by Crippen LogP contribution is 2.41. The number of carbonyl (C=O) groups excluding carboxylic acids is 1. The number of fused-ring (bicyclic) bond motifs is 3. The van der Waals surface area contributed by atoms with Gasteiger partial charge in [-0.2, -0.15) is 0 Å². The van der Waals surface area contributed by atoms with Crippen LogP contribution < -0.4 is 14.9 Å². The van der Waals surface area contributed by atoms with E-state index < -0.39 is 0 Å². The number of allylic oxidation sites excluding steroid dienone is 1. The van der Waals surface area contributed by atoms with Crippen LogP contribution in [0.3, 0.4) is 0 Å². The number of aromatic nitrogens is 1. The van der Waals surface area contributed by atoms with Crippen LogP contribution in [0.4, 0.5) is 4.39 Å². The first-order valence-electron chi connectivity index (χ1n) is 13.8. The number of ether oxygens (including phenoxy) is 1. The third-order valence-electron chi connectivity index (χ3n) is 7.64. The largest absolute Gasteiger partial charge is 0.462 e. The Morgan fingerprint density at radius 2 is 1.83 bits per heavy atom. The van der Waals surface area contributed by atoms with Crippen LogP contribution in [0.15, 0.2) is 105 Å². The highest BCUT2D eigenvalue weighted by molar-refractivity contribution is 7.07. The number of hydrogen-bond acceptors (Lipinski definition) is 6. The van der Waals surface area contributed by atoms with Crippen molar-refractivity contribution < 1.29 is 18.3 Å². The number of furan rings is 1. The van der Waals surface area contributed by atoms with Crippen molar-refractivity contribution in [1.29, 1.82) is 0 Å². The van der Waals surface area contributed by atoms with E-state index in [2.05, 4.69) is 12.1 Å². The van der Waals surface area contributed by atoms with Gasteiger partial charge in [0, 0.05) is 17.2 Å². The van der Waals surface area contributed by atoms with Gasteiger partial charge in [-0.05, 0) is 72.9 Å². The number of thiazole rings is 1. The first-order valence-corrected chi connectivity index (χ1v) is 14.6. The molecule has 0 spiro atoms. The van der Waals surface area contributed by atoms with E-state index >= 15 is 0 Å². The summed E-state index contributed by atoms with van der Waals surface area (Å²) in [6.45, 7) is 2.08. The molecule has 5 aromatic rings. The van der Waals surface area contributed by atoms with Crippen LogP contribution in [-0.2, 0) is 11.2 Å². The minimum Gasteiger partial charge on any atom is -0.462 e. The van der Waals surface area contributed by atoms with Crippen LogP contribution in [0, 0.1) is 5.82 Å². The van der Waals surface area contributed by atoms with Crippen molar-refractivity contribution in [3.63, 3.8) is 0 Å². The second kappa shape index (κ2) is 10.5. The molecule has 2 aliphatic rings. The van der Waals surface area contributed by atoms with E-state index in [1.54, 1.807) is 54.0 Å². The Bertz CT molecular complexity index is 2050. The summed E-state index contributed by atoms with van der Waals surface area (Å²) in [5, 5.41) is 0. The fourth-order valence-corrected chi connectivity index (χ4v) is 6.65. The van der Waals surface area contributed by atoms with Gasteiger partial charge in [-0.1, -0.05) is 59.9 Å². The molecule has 6 nitrogen and oxygen atoms in total. The van der Waals surface area contributed by atoms with Crippen LogP contribution in [0.25, 0.3) is 23.1 Å². The molecule has 2 aromatic heterocycles. The second-order valence-electron chi connectivity index (χ2n) is 10.2. The van der Waals surface area contributed by atoms with Crippen molar-refractivity contribution in [2.45, 2.75) is 25.8 Å². The Hall–Kier alpha value is -4.82. The highest BCUT2D eigenvalue weighted by Gasteiger charge is 2.32. The lowest BCUT2D eigenvalue weighted by molar-refractivity contribution is 0.0526. The highest BCUT2D eigenvalue weighted by atomic mass is 32.1. The monoisotopic (exact) mass is 576 g/mol. The molecule has 1 aliphatic heterocycles. The van der Waals surface area contributed by atoms with Gasteiger partial charge in [0.2, 0.25) is 0 Å². The maximum atomic E-state index is 13.9. The molecule has 0 saturated carbocycles. The topological polar surface area (TPSA) is 73.8 Å². The maximum Gasteiger partial charge on any atom is 0.338 e. The summed E-state index contributed by atoms with van der Waals surface area (Å²) in [5.74, 6) is 0.444. The normalized spacial score (nSPS) is 16.0. The molecule has 42 heavy (non-hydrogen) atoms. The van der Waals surface area contributed by atoms with E-state index in [0.29, 0.717) is 33.0 Å². The fourth-order valence-electron chi connectivity index (χ4n) is 5.67. The Morgan fingerprint density at radius 3 is 2.62 bits per heavy atom. The molecule has 0 fully saturated rings. The van der Waals surface area contributed by atoms with Crippen molar-refractivity contribution in [3.8, 4) is 11.3 Å². The van der Waals surface area contributed by atoms with Gasteiger partial charge in [0.05, 0.1) is 28.4 Å². The molecular formula is C34H25FN2O4S. The zero-order valence-electron chi connectivity index (χ0n) is 22.7. The lowest BCUT2D eigenvalue weighted by Crippen LogP contribution is -2.38. The van der Waals surface area contributed by atoms with Gasteiger partial charge in [-0.25, -0.2) is 14.2 Å². The Morgan fingerprint density at radius 1 is 1.05 bits per heavy atom. The molecule has 208 valence electrons. The van der Waals surface area contributed by atoms with Crippen molar-refractivity contribution in [2.24, 2.45) is 4.99 Å². The number of rotatable bonds is 5. The van der Waals surface area contributed by atoms with E-state index in [1.807, 2.05) is 24.3 Å². The number of hydrogen-bond donors (Lipinski definition) is 0. The van der Waals surface area contributed by atoms with Gasteiger partial charge in [0.15, 0.2) is 4.80 Å². The standard InChI is InChI=1S/C34H25FN2O4S/c1-2-40-33(39)23-9-7-21(8-10-23)28-18-16-25(41-28)19-29-32(38)37-31(22-11-14-24(35)15-12-22)27-17-13-20-5-3-4-6-26(20)30(27)36-34(37)42-29/h3-12,14-16,18-19,31H,2,13,17H2,1H3/b29-19+/t31-/m1/s1. The third kappa shape index (κ3) is 4.54. The lowest BCUT2D eigenvalue weighted by atomic mass is 9.83. The first kappa shape index (κ1) is 26.1. The summed E-state index contributed by atoms with van der Waals surface area (Å²) < 4.78 is 27.2. The van der Waals surface area contributed by atoms with Gasteiger partial charge in [0.25, 0.3) is 5.56 Å². The zero-order chi connectivity index (χ0) is 28.8. The second-order valence-corrected chi connectivity index (χ2v) is 11.2. The van der Waals surface area contributed by atoms with Crippen molar-refractivity contribution in [2.75, 3.05) is 6.61 Å². The quantitative estimate of drug-likeness (QED) is 0.245. The number of halogens is 1. The van der Waals surface area contributed by atoms with Crippen LogP contribution in [0.5, 0.6) is 0 Å². The molecule has 0 radical (unpaired) electrons. The zero-order valence-corrected chi connectivity index (χ0v) is 23.5. The number of nitrogens with zero attached hydrogens (tertiary/aromatic N) is 2. The van der Waals surface area contributed by atoms with Crippen LogP contribution in [0.2, 0.25) is 0 Å². The van der Waals surface area contributed by atoms with Crippen LogP contribution >= 0.6 is 11.3 Å². The molecule has 0 bridgehead atoms. The predicted octanol–water partition coefficient (Wildman–Crippen LogP) is 5.89. The van der Waals surface area contributed by atoms with Gasteiger partial charge in [-0.15, -0.1) is 0 Å². The van der Waals surface area contributed by atoms with E-state index in [1.165, 1.54) is 29.0 Å². The number of aryl methyl sites for hydroxylation is 1. The van der Waals surface area contributed by atoms with Gasteiger partial charge in [-0.3, -0.25) is 9.36 Å². The van der Waals surface area contributed by atoms with Crippen molar-refractivity contribution in [1.82, 2.24) is 4.57 Å². The average molecular weight is 577 g/mol. The molecule has 8 heteroatoms. The average Bonchev–Trinajstić information content (AvgIpc) is 3.61. The fraction of sp³-hybridized carbons (Fsp3) is 0.147. The summed E-state index contributed by atoms with van der Waals surface area (Å²) in [4.78, 5) is 31.5. The summed E-state index contributed by atoms with van der Waals surface area (Å²) in [6.07, 6.45) is 3.35. The van der Waals surface area contributed by atoms with Gasteiger partial charge < -0.3 is 9.15 Å². The third-order valence-corrected chi connectivity index (χ3v) is 8.62. The molecule has 0 amide bonds. The maximum absolute atomic E-state index is 13.9. The summed E-state index contributed by atoms with van der Waals surface area (Å²) in [6, 6.07) is 24.9. The number of benzene rings is 3. The van der Waals surface area contributed by atoms with Crippen molar-refractivity contribution >= 4 is 29.1 Å². The summed E-state index contributed by atoms with van der Waals surface area (Å²) >= 11 is 1.31. The summed E-state index contributed by atoms with van der Waals surface area (Å²) in [5.41, 5.74) is 6.20. The molecule has 0 unspecified atom stereocenters. The molecular weight excluding hydrogens is 551 g/mol. The van der Waals surface area contributed by atoms with Crippen LogP contribution in [0.1, 0.15) is 52.2 Å². The molecule has 0 N–H and O–H groups in total. The smallest absolute Gasteiger partial charge is 0.338 e.